The van der Waals surface area contributed by atoms with Crippen molar-refractivity contribution >= 4 is 11.9 Å². The second-order valence-electron chi connectivity index (χ2n) is 9.29. The Labute approximate surface area is 208 Å². The highest BCUT2D eigenvalue weighted by atomic mass is 16.5. The van der Waals surface area contributed by atoms with E-state index in [2.05, 4.69) is 48.6 Å². The molecule has 0 aliphatic heterocycles. The first-order valence-electron chi connectivity index (χ1n) is 12.1. The summed E-state index contributed by atoms with van der Waals surface area (Å²) in [5.74, 6) is -0.542. The number of carbonyl (C=O) groups is 2. The van der Waals surface area contributed by atoms with E-state index in [1.165, 1.54) is 12.7 Å². The standard InChI is InChI=1S/C30H35NO4/c1-21(2)17-27(30(33)35-20-23-9-6-5-7-10-23)31-28(29(32)34-4)19-24-11-8-12-26(18-24)25-15-13-22(3)14-16-25/h5-16,18,21,27-28,31H,17,19-20H2,1-4H3. The van der Waals surface area contributed by atoms with Crippen molar-refractivity contribution in [2.75, 3.05) is 7.11 Å². The highest BCUT2D eigenvalue weighted by Gasteiger charge is 2.29. The van der Waals surface area contributed by atoms with Crippen LogP contribution < -0.4 is 5.32 Å². The van der Waals surface area contributed by atoms with Crippen molar-refractivity contribution in [3.63, 3.8) is 0 Å². The lowest BCUT2D eigenvalue weighted by atomic mass is 9.97. The van der Waals surface area contributed by atoms with E-state index < -0.39 is 18.1 Å². The summed E-state index contributed by atoms with van der Waals surface area (Å²) in [6.07, 6.45) is 0.942. The van der Waals surface area contributed by atoms with Gasteiger partial charge in [-0.15, -0.1) is 0 Å². The summed E-state index contributed by atoms with van der Waals surface area (Å²) in [4.78, 5) is 25.7. The van der Waals surface area contributed by atoms with Crippen LogP contribution >= 0.6 is 0 Å². The zero-order valence-corrected chi connectivity index (χ0v) is 21.0. The van der Waals surface area contributed by atoms with Gasteiger partial charge in [0.05, 0.1) is 7.11 Å². The molecular weight excluding hydrogens is 438 g/mol. The molecule has 5 heteroatoms. The summed E-state index contributed by atoms with van der Waals surface area (Å²) in [5.41, 5.74) is 5.29. The van der Waals surface area contributed by atoms with Crippen molar-refractivity contribution in [3.05, 3.63) is 95.6 Å². The molecule has 1 N–H and O–H groups in total. The Bertz CT molecular complexity index is 1090. The maximum Gasteiger partial charge on any atom is 0.323 e. The molecule has 3 rings (SSSR count). The first kappa shape index (κ1) is 26.2. The highest BCUT2D eigenvalue weighted by Crippen LogP contribution is 2.22. The summed E-state index contributed by atoms with van der Waals surface area (Å²) in [5, 5.41) is 3.24. The quantitative estimate of drug-likeness (QED) is 0.373. The monoisotopic (exact) mass is 473 g/mol. The van der Waals surface area contributed by atoms with Crippen molar-refractivity contribution in [1.29, 1.82) is 0 Å². The van der Waals surface area contributed by atoms with Crippen LogP contribution in [0.3, 0.4) is 0 Å². The maximum atomic E-state index is 13.0. The Kier molecular flexibility index (Phi) is 9.62. The fourth-order valence-electron chi connectivity index (χ4n) is 3.99. The predicted octanol–water partition coefficient (Wildman–Crippen LogP) is 5.49. The molecule has 0 saturated heterocycles. The second kappa shape index (κ2) is 12.9. The number of ether oxygens (including phenoxy) is 2. The third-order valence-corrected chi connectivity index (χ3v) is 5.86. The molecule has 2 unspecified atom stereocenters. The molecule has 2 atom stereocenters. The SMILES string of the molecule is COC(=O)C(Cc1cccc(-c2ccc(C)cc2)c1)NC(CC(C)C)C(=O)OCc1ccccc1. The number of carbonyl (C=O) groups excluding carboxylic acids is 2. The van der Waals surface area contributed by atoms with Gasteiger partial charge in [0.15, 0.2) is 0 Å². The summed E-state index contributed by atoms with van der Waals surface area (Å²) in [7, 11) is 1.37. The minimum atomic E-state index is -0.679. The van der Waals surface area contributed by atoms with Crippen LogP contribution in [0.15, 0.2) is 78.9 Å². The third-order valence-electron chi connectivity index (χ3n) is 5.86. The van der Waals surface area contributed by atoms with Gasteiger partial charge in [-0.25, -0.2) is 0 Å². The number of hydrogen-bond acceptors (Lipinski definition) is 5. The number of benzene rings is 3. The molecule has 0 heterocycles. The van der Waals surface area contributed by atoms with Crippen LogP contribution in [-0.4, -0.2) is 31.1 Å². The molecule has 184 valence electrons. The highest BCUT2D eigenvalue weighted by molar-refractivity contribution is 5.80. The van der Waals surface area contributed by atoms with E-state index in [9.17, 15) is 9.59 Å². The first-order valence-corrected chi connectivity index (χ1v) is 12.1. The van der Waals surface area contributed by atoms with Crippen LogP contribution in [0.4, 0.5) is 0 Å². The molecule has 0 aromatic heterocycles. The third kappa shape index (κ3) is 8.08. The van der Waals surface area contributed by atoms with E-state index in [1.54, 1.807) is 0 Å². The van der Waals surface area contributed by atoms with E-state index in [0.29, 0.717) is 12.8 Å². The van der Waals surface area contributed by atoms with Crippen molar-refractivity contribution in [2.45, 2.75) is 52.3 Å². The molecule has 3 aromatic carbocycles. The molecule has 0 fully saturated rings. The number of nitrogens with one attached hydrogen (secondary N) is 1. The summed E-state index contributed by atoms with van der Waals surface area (Å²) >= 11 is 0. The number of esters is 2. The van der Waals surface area contributed by atoms with Gasteiger partial charge in [-0.3, -0.25) is 14.9 Å². The van der Waals surface area contributed by atoms with Gasteiger partial charge in [-0.05, 0) is 47.9 Å². The molecule has 0 aliphatic carbocycles. The van der Waals surface area contributed by atoms with Crippen molar-refractivity contribution in [2.24, 2.45) is 5.92 Å². The average Bonchev–Trinajstić information content (AvgIpc) is 2.87. The van der Waals surface area contributed by atoms with Gasteiger partial charge in [0.2, 0.25) is 0 Å². The van der Waals surface area contributed by atoms with Crippen LogP contribution in [0.25, 0.3) is 11.1 Å². The number of hydrogen-bond donors (Lipinski definition) is 1. The van der Waals surface area contributed by atoms with E-state index >= 15 is 0 Å². The van der Waals surface area contributed by atoms with Gasteiger partial charge in [-0.1, -0.05) is 98.3 Å². The largest absolute Gasteiger partial charge is 0.468 e. The fourth-order valence-corrected chi connectivity index (χ4v) is 3.99. The number of methoxy groups -OCH3 is 1. The van der Waals surface area contributed by atoms with E-state index in [1.807, 2.05) is 56.3 Å². The summed E-state index contributed by atoms with van der Waals surface area (Å²) in [6, 6.07) is 24.7. The van der Waals surface area contributed by atoms with Gasteiger partial charge >= 0.3 is 11.9 Å². The average molecular weight is 474 g/mol. The van der Waals surface area contributed by atoms with Crippen molar-refractivity contribution < 1.29 is 19.1 Å². The van der Waals surface area contributed by atoms with E-state index in [4.69, 9.17) is 9.47 Å². The van der Waals surface area contributed by atoms with Gasteiger partial charge in [-0.2, -0.15) is 0 Å². The Morgan fingerprint density at radius 1 is 0.800 bits per heavy atom. The van der Waals surface area contributed by atoms with Gasteiger partial charge in [0.25, 0.3) is 0 Å². The Hall–Kier alpha value is -3.44. The lowest BCUT2D eigenvalue weighted by Crippen LogP contribution is -2.49. The van der Waals surface area contributed by atoms with E-state index in [-0.39, 0.29) is 18.5 Å². The Morgan fingerprint density at radius 2 is 1.49 bits per heavy atom. The van der Waals surface area contributed by atoms with Crippen LogP contribution in [0.2, 0.25) is 0 Å². The molecule has 5 nitrogen and oxygen atoms in total. The lowest BCUT2D eigenvalue weighted by molar-refractivity contribution is -0.149. The molecule has 35 heavy (non-hydrogen) atoms. The normalized spacial score (nSPS) is 12.7. The fraction of sp³-hybridized carbons (Fsp3) is 0.333. The molecule has 0 saturated carbocycles. The zero-order valence-electron chi connectivity index (χ0n) is 21.0. The van der Waals surface area contributed by atoms with Crippen LogP contribution in [-0.2, 0) is 32.1 Å². The molecule has 0 radical (unpaired) electrons. The Balaban J connectivity index is 1.75. The topological polar surface area (TPSA) is 64.6 Å². The van der Waals surface area contributed by atoms with Gasteiger partial charge in [0, 0.05) is 0 Å². The smallest absolute Gasteiger partial charge is 0.323 e. The molecule has 0 bridgehead atoms. The van der Waals surface area contributed by atoms with Crippen LogP contribution in [0, 0.1) is 12.8 Å². The maximum absolute atomic E-state index is 13.0. The minimum absolute atomic E-state index is 0.192. The van der Waals surface area contributed by atoms with Crippen LogP contribution in [0.5, 0.6) is 0 Å². The minimum Gasteiger partial charge on any atom is -0.468 e. The number of aryl methyl sites for hydroxylation is 1. The lowest BCUT2D eigenvalue weighted by Gasteiger charge is -2.24. The molecular formula is C30H35NO4. The van der Waals surface area contributed by atoms with E-state index in [0.717, 1.165) is 22.3 Å². The molecule has 0 spiro atoms. The second-order valence-corrected chi connectivity index (χ2v) is 9.29. The van der Waals surface area contributed by atoms with Crippen molar-refractivity contribution in [3.8, 4) is 11.1 Å². The molecule has 0 aliphatic rings. The number of rotatable bonds is 11. The molecule has 0 amide bonds. The first-order chi connectivity index (χ1) is 16.9. The zero-order chi connectivity index (χ0) is 25.2. The van der Waals surface area contributed by atoms with Gasteiger partial charge < -0.3 is 9.47 Å². The predicted molar refractivity (Wildman–Crippen MR) is 139 cm³/mol. The summed E-state index contributed by atoms with van der Waals surface area (Å²) < 4.78 is 10.7. The van der Waals surface area contributed by atoms with Gasteiger partial charge in [0.1, 0.15) is 18.7 Å². The Morgan fingerprint density at radius 3 is 2.14 bits per heavy atom. The summed E-state index contributed by atoms with van der Waals surface area (Å²) in [6.45, 7) is 6.33. The van der Waals surface area contributed by atoms with Crippen molar-refractivity contribution in [1.82, 2.24) is 5.32 Å². The molecule has 3 aromatic rings. The van der Waals surface area contributed by atoms with Crippen LogP contribution in [0.1, 0.15) is 37.0 Å².